The fraction of sp³-hybridized carbons (Fsp3) is 0.444. The summed E-state index contributed by atoms with van der Waals surface area (Å²) in [5, 5.41) is 4.73. The summed E-state index contributed by atoms with van der Waals surface area (Å²) in [6.07, 6.45) is 2.91. The van der Waals surface area contributed by atoms with Crippen molar-refractivity contribution in [2.45, 2.75) is 19.8 Å². The summed E-state index contributed by atoms with van der Waals surface area (Å²) in [4.78, 5) is 14.1. The molecule has 4 heterocycles. The van der Waals surface area contributed by atoms with Crippen molar-refractivity contribution in [3.63, 3.8) is 0 Å². The number of anilines is 1. The molecule has 4 rings (SSSR count). The number of rotatable bonds is 4. The van der Waals surface area contributed by atoms with Crippen LogP contribution >= 0.6 is 11.6 Å². The Labute approximate surface area is 170 Å². The first kappa shape index (κ1) is 19.6. The molecule has 0 atom stereocenters. The lowest BCUT2D eigenvalue weighted by Crippen LogP contribution is -2.34. The first-order chi connectivity index (χ1) is 13.7. The summed E-state index contributed by atoms with van der Waals surface area (Å²) in [5.74, 6) is -2.20. The van der Waals surface area contributed by atoms with E-state index in [2.05, 4.69) is 20.1 Å². The van der Waals surface area contributed by atoms with Gasteiger partial charge in [0.15, 0.2) is 5.82 Å². The average Bonchev–Trinajstić information content (AvgIpc) is 3.20. The SMILES string of the molecule is COc1ncc(-c2cc3c(N4CC(C)(C)C(F)(F)C4)ncc(Cl)n3n2)c(OC)n1. The highest BCUT2D eigenvalue weighted by molar-refractivity contribution is 6.29. The van der Waals surface area contributed by atoms with Gasteiger partial charge < -0.3 is 14.4 Å². The van der Waals surface area contributed by atoms with E-state index >= 15 is 0 Å². The molecule has 1 aliphatic rings. The number of fused-ring (bicyclic) bond motifs is 1. The van der Waals surface area contributed by atoms with Crippen LogP contribution in [0.25, 0.3) is 16.8 Å². The zero-order chi connectivity index (χ0) is 21.0. The van der Waals surface area contributed by atoms with Crippen LogP contribution in [0.4, 0.5) is 14.6 Å². The van der Waals surface area contributed by atoms with Crippen molar-refractivity contribution in [2.75, 3.05) is 32.2 Å². The Morgan fingerprint density at radius 3 is 2.48 bits per heavy atom. The van der Waals surface area contributed by atoms with Crippen LogP contribution in [0.3, 0.4) is 0 Å². The van der Waals surface area contributed by atoms with Gasteiger partial charge in [-0.25, -0.2) is 23.3 Å². The highest BCUT2D eigenvalue weighted by atomic mass is 35.5. The maximum Gasteiger partial charge on any atom is 0.319 e. The lowest BCUT2D eigenvalue weighted by atomic mass is 9.89. The van der Waals surface area contributed by atoms with Gasteiger partial charge in [0.25, 0.3) is 5.92 Å². The topological polar surface area (TPSA) is 77.7 Å². The van der Waals surface area contributed by atoms with E-state index in [4.69, 9.17) is 21.1 Å². The Bertz CT molecular complexity index is 1070. The second-order valence-electron chi connectivity index (χ2n) is 7.46. The van der Waals surface area contributed by atoms with Crippen LogP contribution in [0, 0.1) is 5.41 Å². The second kappa shape index (κ2) is 6.65. The second-order valence-corrected chi connectivity index (χ2v) is 7.84. The largest absolute Gasteiger partial charge is 0.480 e. The van der Waals surface area contributed by atoms with Crippen LogP contribution < -0.4 is 14.4 Å². The van der Waals surface area contributed by atoms with Gasteiger partial charge in [0.2, 0.25) is 5.88 Å². The third-order valence-corrected chi connectivity index (χ3v) is 5.34. The number of methoxy groups -OCH3 is 2. The molecular weight excluding hydrogens is 406 g/mol. The first-order valence-corrected chi connectivity index (χ1v) is 9.17. The molecule has 0 unspecified atom stereocenters. The Hall–Kier alpha value is -2.75. The van der Waals surface area contributed by atoms with Crippen molar-refractivity contribution in [3.05, 3.63) is 23.6 Å². The van der Waals surface area contributed by atoms with Gasteiger partial charge in [0.1, 0.15) is 16.4 Å². The molecule has 0 spiro atoms. The molecule has 0 aromatic carbocycles. The summed E-state index contributed by atoms with van der Waals surface area (Å²) in [6, 6.07) is 1.85. The van der Waals surface area contributed by atoms with E-state index in [1.807, 2.05) is 0 Å². The molecule has 0 saturated carbocycles. The molecule has 154 valence electrons. The lowest BCUT2D eigenvalue weighted by molar-refractivity contribution is -0.0642. The Balaban J connectivity index is 1.84. The Morgan fingerprint density at radius 1 is 1.10 bits per heavy atom. The zero-order valence-electron chi connectivity index (χ0n) is 16.3. The average molecular weight is 425 g/mol. The van der Waals surface area contributed by atoms with Gasteiger partial charge in [-0.1, -0.05) is 25.4 Å². The molecule has 11 heteroatoms. The molecule has 1 aliphatic heterocycles. The molecular formula is C18H19ClF2N6O2. The first-order valence-electron chi connectivity index (χ1n) is 8.79. The molecule has 0 aliphatic carbocycles. The Morgan fingerprint density at radius 2 is 1.86 bits per heavy atom. The predicted octanol–water partition coefficient (Wildman–Crippen LogP) is 3.34. The van der Waals surface area contributed by atoms with Crippen LogP contribution in [0.5, 0.6) is 11.9 Å². The van der Waals surface area contributed by atoms with Crippen molar-refractivity contribution >= 4 is 22.9 Å². The smallest absolute Gasteiger partial charge is 0.319 e. The van der Waals surface area contributed by atoms with Crippen LogP contribution in [-0.2, 0) is 0 Å². The standard InChI is InChI=1S/C18H19ClF2N6O2/c1-17(2)8-26(9-18(17,20)21)14-12-5-11(25-27(12)13(19)7-22-14)10-6-23-16(29-4)24-15(10)28-3/h5-7H,8-9H2,1-4H3. The van der Waals surface area contributed by atoms with Gasteiger partial charge in [0.05, 0.1) is 32.5 Å². The maximum atomic E-state index is 14.4. The molecule has 8 nitrogen and oxygen atoms in total. The fourth-order valence-corrected chi connectivity index (χ4v) is 3.52. The van der Waals surface area contributed by atoms with Crippen molar-refractivity contribution in [3.8, 4) is 23.1 Å². The van der Waals surface area contributed by atoms with Crippen molar-refractivity contribution in [2.24, 2.45) is 5.41 Å². The summed E-state index contributed by atoms with van der Waals surface area (Å²) in [6.45, 7) is 2.81. The molecule has 3 aromatic rings. The molecule has 1 fully saturated rings. The quantitative estimate of drug-likeness (QED) is 0.635. The molecule has 29 heavy (non-hydrogen) atoms. The summed E-state index contributed by atoms with van der Waals surface area (Å²) >= 11 is 6.26. The normalized spacial score (nSPS) is 17.7. The van der Waals surface area contributed by atoms with Gasteiger partial charge in [-0.2, -0.15) is 10.1 Å². The molecule has 3 aromatic heterocycles. The molecule has 0 N–H and O–H groups in total. The van der Waals surface area contributed by atoms with E-state index in [1.54, 1.807) is 24.8 Å². The lowest BCUT2D eigenvalue weighted by Gasteiger charge is -2.24. The van der Waals surface area contributed by atoms with E-state index in [-0.39, 0.29) is 23.6 Å². The maximum absolute atomic E-state index is 14.4. The van der Waals surface area contributed by atoms with E-state index in [9.17, 15) is 8.78 Å². The number of hydrogen-bond acceptors (Lipinski definition) is 7. The number of ether oxygens (including phenoxy) is 2. The number of halogens is 3. The van der Waals surface area contributed by atoms with Crippen LogP contribution in [0.15, 0.2) is 18.5 Å². The van der Waals surface area contributed by atoms with Gasteiger partial charge in [0, 0.05) is 18.2 Å². The number of aromatic nitrogens is 5. The van der Waals surface area contributed by atoms with E-state index in [0.717, 1.165) is 0 Å². The van der Waals surface area contributed by atoms with Gasteiger partial charge in [-0.05, 0) is 6.07 Å². The fourth-order valence-electron chi connectivity index (χ4n) is 3.35. The van der Waals surface area contributed by atoms with E-state index in [1.165, 1.54) is 31.1 Å². The summed E-state index contributed by atoms with van der Waals surface area (Å²) in [5.41, 5.74) is 0.289. The highest BCUT2D eigenvalue weighted by Crippen LogP contribution is 2.45. The monoisotopic (exact) mass is 424 g/mol. The minimum absolute atomic E-state index is 0.149. The molecule has 0 amide bonds. The number of nitrogens with zero attached hydrogens (tertiary/aromatic N) is 6. The summed E-state index contributed by atoms with van der Waals surface area (Å²) < 4.78 is 40.6. The summed E-state index contributed by atoms with van der Waals surface area (Å²) in [7, 11) is 2.92. The molecule has 1 saturated heterocycles. The van der Waals surface area contributed by atoms with Crippen molar-refractivity contribution < 1.29 is 18.3 Å². The van der Waals surface area contributed by atoms with Crippen LogP contribution in [0.2, 0.25) is 5.15 Å². The van der Waals surface area contributed by atoms with Crippen molar-refractivity contribution in [1.29, 1.82) is 0 Å². The minimum atomic E-state index is -2.85. The third kappa shape index (κ3) is 3.11. The van der Waals surface area contributed by atoms with Gasteiger partial charge >= 0.3 is 6.01 Å². The van der Waals surface area contributed by atoms with E-state index in [0.29, 0.717) is 22.6 Å². The third-order valence-electron chi connectivity index (χ3n) is 5.08. The predicted molar refractivity (Wildman–Crippen MR) is 103 cm³/mol. The van der Waals surface area contributed by atoms with Crippen LogP contribution in [0.1, 0.15) is 13.8 Å². The highest BCUT2D eigenvalue weighted by Gasteiger charge is 2.54. The molecule has 0 bridgehead atoms. The number of hydrogen-bond donors (Lipinski definition) is 0. The van der Waals surface area contributed by atoms with Gasteiger partial charge in [-0.3, -0.25) is 0 Å². The zero-order valence-corrected chi connectivity index (χ0v) is 17.0. The van der Waals surface area contributed by atoms with E-state index < -0.39 is 17.9 Å². The minimum Gasteiger partial charge on any atom is -0.480 e. The van der Waals surface area contributed by atoms with Crippen LogP contribution in [-0.4, -0.2) is 57.8 Å². The molecule has 0 radical (unpaired) electrons. The van der Waals surface area contributed by atoms with Gasteiger partial charge in [-0.15, -0.1) is 0 Å². The number of alkyl halides is 2. The van der Waals surface area contributed by atoms with Crippen molar-refractivity contribution in [1.82, 2.24) is 24.6 Å². The Kier molecular flexibility index (Phi) is 4.49.